The van der Waals surface area contributed by atoms with Crippen LogP contribution in [0.5, 0.6) is 0 Å². The fourth-order valence-corrected chi connectivity index (χ4v) is 2.07. The molecule has 1 saturated carbocycles. The molecule has 11 heavy (non-hydrogen) atoms. The van der Waals surface area contributed by atoms with Crippen molar-refractivity contribution in [3.05, 3.63) is 11.1 Å². The molecule has 2 rings (SSSR count). The van der Waals surface area contributed by atoms with Crippen molar-refractivity contribution in [3.8, 4) is 0 Å². The Morgan fingerprint density at radius 2 is 2.45 bits per heavy atom. The van der Waals surface area contributed by atoms with Crippen molar-refractivity contribution in [2.24, 2.45) is 5.73 Å². The van der Waals surface area contributed by atoms with Crippen molar-refractivity contribution < 1.29 is 0 Å². The summed E-state index contributed by atoms with van der Waals surface area (Å²) in [5.74, 6) is 0. The molecule has 2 N–H and O–H groups in total. The Balaban J connectivity index is 2.00. The Hall–Kier alpha value is -0.480. The van der Waals surface area contributed by atoms with Gasteiger partial charge in [0.2, 0.25) is 0 Å². The SMILES string of the molecule is NC1(Cc2cnns2)CCC1. The number of nitrogens with zero attached hydrogens (tertiary/aromatic N) is 2. The number of hydrogen-bond donors (Lipinski definition) is 1. The number of rotatable bonds is 2. The highest BCUT2D eigenvalue weighted by atomic mass is 32.1. The molecule has 1 heterocycles. The summed E-state index contributed by atoms with van der Waals surface area (Å²) in [5.41, 5.74) is 6.12. The molecule has 60 valence electrons. The first-order valence-corrected chi connectivity index (χ1v) is 4.61. The normalized spacial score (nSPS) is 21.2. The third-order valence-corrected chi connectivity index (χ3v) is 2.94. The van der Waals surface area contributed by atoms with Gasteiger partial charge in [-0.1, -0.05) is 4.49 Å². The highest BCUT2D eigenvalue weighted by molar-refractivity contribution is 7.05. The Morgan fingerprint density at radius 3 is 2.91 bits per heavy atom. The van der Waals surface area contributed by atoms with Crippen LogP contribution in [0.25, 0.3) is 0 Å². The minimum Gasteiger partial charge on any atom is -0.325 e. The van der Waals surface area contributed by atoms with E-state index in [1.807, 2.05) is 6.20 Å². The lowest BCUT2D eigenvalue weighted by Crippen LogP contribution is -2.48. The summed E-state index contributed by atoms with van der Waals surface area (Å²) in [6.07, 6.45) is 6.38. The number of nitrogens with two attached hydrogens (primary N) is 1. The summed E-state index contributed by atoms with van der Waals surface area (Å²) in [7, 11) is 0. The maximum atomic E-state index is 6.05. The van der Waals surface area contributed by atoms with Gasteiger partial charge in [0.1, 0.15) is 0 Å². The van der Waals surface area contributed by atoms with E-state index in [-0.39, 0.29) is 5.54 Å². The highest BCUT2D eigenvalue weighted by Gasteiger charge is 2.32. The van der Waals surface area contributed by atoms with Crippen molar-refractivity contribution in [1.82, 2.24) is 9.59 Å². The average molecular weight is 169 g/mol. The second kappa shape index (κ2) is 2.53. The molecule has 1 aliphatic rings. The molecule has 0 amide bonds. The van der Waals surface area contributed by atoms with Gasteiger partial charge in [-0.05, 0) is 30.8 Å². The molecule has 1 aromatic heterocycles. The molecule has 0 saturated heterocycles. The molecule has 0 bridgehead atoms. The van der Waals surface area contributed by atoms with Crippen LogP contribution in [0.15, 0.2) is 6.20 Å². The monoisotopic (exact) mass is 169 g/mol. The van der Waals surface area contributed by atoms with Crippen LogP contribution in [0.4, 0.5) is 0 Å². The molecule has 1 aliphatic carbocycles. The van der Waals surface area contributed by atoms with Gasteiger partial charge in [-0.15, -0.1) is 5.10 Å². The lowest BCUT2D eigenvalue weighted by atomic mass is 9.75. The van der Waals surface area contributed by atoms with Crippen LogP contribution in [0.2, 0.25) is 0 Å². The molecular formula is C7H11N3S. The summed E-state index contributed by atoms with van der Waals surface area (Å²) >= 11 is 1.46. The van der Waals surface area contributed by atoms with Crippen LogP contribution < -0.4 is 5.73 Å². The van der Waals surface area contributed by atoms with Crippen LogP contribution in [0.3, 0.4) is 0 Å². The van der Waals surface area contributed by atoms with Crippen LogP contribution in [-0.4, -0.2) is 15.1 Å². The zero-order valence-electron chi connectivity index (χ0n) is 6.29. The molecule has 0 radical (unpaired) electrons. The minimum atomic E-state index is 0.0776. The first kappa shape index (κ1) is 7.18. The molecule has 0 aromatic carbocycles. The summed E-state index contributed by atoms with van der Waals surface area (Å²) in [5, 5.41) is 3.78. The molecule has 0 aliphatic heterocycles. The second-order valence-corrected chi connectivity index (χ2v) is 4.15. The van der Waals surface area contributed by atoms with Crippen molar-refractivity contribution in [1.29, 1.82) is 0 Å². The van der Waals surface area contributed by atoms with Crippen molar-refractivity contribution in [2.45, 2.75) is 31.2 Å². The standard InChI is InChI=1S/C7H11N3S/c8-7(2-1-3-7)4-6-5-9-10-11-6/h5H,1-4,8H2. The number of aromatic nitrogens is 2. The van der Waals surface area contributed by atoms with Gasteiger partial charge in [0, 0.05) is 16.8 Å². The van der Waals surface area contributed by atoms with Crippen LogP contribution in [-0.2, 0) is 6.42 Å². The third-order valence-electron chi connectivity index (χ3n) is 2.28. The maximum Gasteiger partial charge on any atom is 0.0653 e. The van der Waals surface area contributed by atoms with Gasteiger partial charge >= 0.3 is 0 Å². The molecule has 3 nitrogen and oxygen atoms in total. The van der Waals surface area contributed by atoms with Crippen molar-refractivity contribution >= 4 is 11.5 Å². The van der Waals surface area contributed by atoms with E-state index >= 15 is 0 Å². The van der Waals surface area contributed by atoms with Gasteiger partial charge in [0.25, 0.3) is 0 Å². The van der Waals surface area contributed by atoms with Crippen LogP contribution in [0.1, 0.15) is 24.1 Å². The van der Waals surface area contributed by atoms with E-state index in [1.54, 1.807) is 0 Å². The first-order chi connectivity index (χ1) is 5.29. The van der Waals surface area contributed by atoms with E-state index in [4.69, 9.17) is 5.73 Å². The summed E-state index contributed by atoms with van der Waals surface area (Å²) < 4.78 is 3.80. The zero-order valence-corrected chi connectivity index (χ0v) is 7.10. The van der Waals surface area contributed by atoms with Gasteiger partial charge in [0.05, 0.1) is 6.20 Å². The van der Waals surface area contributed by atoms with E-state index in [0.717, 1.165) is 19.3 Å². The van der Waals surface area contributed by atoms with Crippen molar-refractivity contribution in [2.75, 3.05) is 0 Å². The molecular weight excluding hydrogens is 158 g/mol. The second-order valence-electron chi connectivity index (χ2n) is 3.28. The molecule has 4 heteroatoms. The fourth-order valence-electron chi connectivity index (χ4n) is 1.42. The topological polar surface area (TPSA) is 51.8 Å². The van der Waals surface area contributed by atoms with E-state index in [0.29, 0.717) is 0 Å². The molecule has 0 spiro atoms. The quantitative estimate of drug-likeness (QED) is 0.717. The summed E-state index contributed by atoms with van der Waals surface area (Å²) in [6, 6.07) is 0. The smallest absolute Gasteiger partial charge is 0.0653 e. The lowest BCUT2D eigenvalue weighted by Gasteiger charge is -2.37. The Kier molecular flexibility index (Phi) is 1.65. The van der Waals surface area contributed by atoms with Gasteiger partial charge in [0.15, 0.2) is 0 Å². The molecule has 0 unspecified atom stereocenters. The average Bonchev–Trinajstić information content (AvgIpc) is 2.36. The number of hydrogen-bond acceptors (Lipinski definition) is 4. The van der Waals surface area contributed by atoms with Crippen LogP contribution >= 0.6 is 11.5 Å². The van der Waals surface area contributed by atoms with Gasteiger partial charge in [-0.2, -0.15) is 0 Å². The maximum absolute atomic E-state index is 6.05. The van der Waals surface area contributed by atoms with Crippen molar-refractivity contribution in [3.63, 3.8) is 0 Å². The van der Waals surface area contributed by atoms with E-state index in [2.05, 4.69) is 9.59 Å². The predicted molar refractivity (Wildman–Crippen MR) is 44.4 cm³/mol. The first-order valence-electron chi connectivity index (χ1n) is 3.84. The highest BCUT2D eigenvalue weighted by Crippen LogP contribution is 2.32. The lowest BCUT2D eigenvalue weighted by molar-refractivity contribution is 0.249. The van der Waals surface area contributed by atoms with Crippen LogP contribution in [0, 0.1) is 0 Å². The predicted octanol–water partition coefficient (Wildman–Crippen LogP) is 0.962. The Morgan fingerprint density at radius 1 is 1.64 bits per heavy atom. The minimum absolute atomic E-state index is 0.0776. The Labute approximate surface area is 69.8 Å². The summed E-state index contributed by atoms with van der Waals surface area (Å²) in [6.45, 7) is 0. The summed E-state index contributed by atoms with van der Waals surface area (Å²) in [4.78, 5) is 1.22. The van der Waals surface area contributed by atoms with E-state index in [1.165, 1.54) is 22.8 Å². The third kappa shape index (κ3) is 1.41. The van der Waals surface area contributed by atoms with Gasteiger partial charge in [-0.3, -0.25) is 0 Å². The molecule has 1 fully saturated rings. The molecule has 1 aromatic rings. The van der Waals surface area contributed by atoms with E-state index < -0.39 is 0 Å². The fraction of sp³-hybridized carbons (Fsp3) is 0.714. The van der Waals surface area contributed by atoms with E-state index in [9.17, 15) is 0 Å². The van der Waals surface area contributed by atoms with Gasteiger partial charge < -0.3 is 5.73 Å². The Bertz CT molecular complexity index is 228. The molecule has 0 atom stereocenters. The van der Waals surface area contributed by atoms with Gasteiger partial charge in [-0.25, -0.2) is 0 Å². The zero-order chi connectivity index (χ0) is 7.73. The largest absolute Gasteiger partial charge is 0.325 e.